The first-order chi connectivity index (χ1) is 13.6. The van der Waals surface area contributed by atoms with Crippen LogP contribution >= 0.6 is 0 Å². The lowest BCUT2D eigenvalue weighted by Crippen LogP contribution is -2.25. The second kappa shape index (κ2) is 9.51. The number of anilines is 1. The van der Waals surface area contributed by atoms with Crippen molar-refractivity contribution in [3.63, 3.8) is 0 Å². The first-order valence-electron chi connectivity index (χ1n) is 9.42. The highest BCUT2D eigenvalue weighted by atomic mass is 16.2. The van der Waals surface area contributed by atoms with Gasteiger partial charge in [-0.05, 0) is 55.7 Å². The Balaban J connectivity index is 1.53. The Hall–Kier alpha value is -3.40. The van der Waals surface area contributed by atoms with Crippen LogP contribution in [0.1, 0.15) is 38.3 Å². The number of carbonyl (C=O) groups excluding carboxylic acids is 2. The summed E-state index contributed by atoms with van der Waals surface area (Å²) in [4.78, 5) is 24.8. The summed E-state index contributed by atoms with van der Waals surface area (Å²) in [5, 5.41) is 5.77. The third-order valence-electron chi connectivity index (χ3n) is 4.47. The van der Waals surface area contributed by atoms with E-state index in [0.29, 0.717) is 17.7 Å². The lowest BCUT2D eigenvalue weighted by Gasteiger charge is -2.08. The van der Waals surface area contributed by atoms with E-state index in [4.69, 9.17) is 0 Å². The van der Waals surface area contributed by atoms with Crippen LogP contribution in [-0.2, 0) is 6.42 Å². The first kappa shape index (κ1) is 19.4. The summed E-state index contributed by atoms with van der Waals surface area (Å²) in [6.07, 6.45) is 1.78. The van der Waals surface area contributed by atoms with Crippen molar-refractivity contribution < 1.29 is 9.59 Å². The van der Waals surface area contributed by atoms with Gasteiger partial charge in [-0.25, -0.2) is 0 Å². The zero-order valence-electron chi connectivity index (χ0n) is 15.9. The molecule has 3 aromatic carbocycles. The minimum absolute atomic E-state index is 0.168. The lowest BCUT2D eigenvalue weighted by atomic mass is 10.1. The second-order valence-corrected chi connectivity index (χ2v) is 6.75. The number of hydrogen-bond donors (Lipinski definition) is 2. The van der Waals surface area contributed by atoms with Crippen LogP contribution in [0, 0.1) is 6.92 Å². The van der Waals surface area contributed by atoms with Crippen LogP contribution in [0.3, 0.4) is 0 Å². The Morgan fingerprint density at radius 2 is 1.46 bits per heavy atom. The molecule has 0 unspecified atom stereocenters. The molecule has 0 spiro atoms. The van der Waals surface area contributed by atoms with Gasteiger partial charge in [0.05, 0.1) is 0 Å². The number of hydrogen-bond acceptors (Lipinski definition) is 2. The van der Waals surface area contributed by atoms with Crippen LogP contribution in [0.5, 0.6) is 0 Å². The fourth-order valence-corrected chi connectivity index (χ4v) is 2.88. The van der Waals surface area contributed by atoms with Crippen LogP contribution in [0.25, 0.3) is 0 Å². The predicted molar refractivity (Wildman–Crippen MR) is 113 cm³/mol. The van der Waals surface area contributed by atoms with Gasteiger partial charge in [-0.2, -0.15) is 0 Å². The van der Waals surface area contributed by atoms with Crippen LogP contribution in [-0.4, -0.2) is 18.4 Å². The molecule has 3 rings (SSSR count). The molecule has 3 aromatic rings. The Morgan fingerprint density at radius 1 is 0.786 bits per heavy atom. The van der Waals surface area contributed by atoms with E-state index >= 15 is 0 Å². The van der Waals surface area contributed by atoms with E-state index in [-0.39, 0.29) is 11.8 Å². The van der Waals surface area contributed by atoms with Crippen molar-refractivity contribution in [2.24, 2.45) is 0 Å². The largest absolute Gasteiger partial charge is 0.352 e. The molecule has 28 heavy (non-hydrogen) atoms. The number of aryl methyl sites for hydroxylation is 2. The number of rotatable bonds is 7. The SMILES string of the molecule is Cc1ccc(NC(=O)c2cccc(C(=O)NCCCc3ccccc3)c2)cc1. The highest BCUT2D eigenvalue weighted by molar-refractivity contribution is 6.06. The number of nitrogens with one attached hydrogen (secondary N) is 2. The molecule has 0 fully saturated rings. The van der Waals surface area contributed by atoms with Crippen molar-refractivity contribution in [2.45, 2.75) is 19.8 Å². The quantitative estimate of drug-likeness (QED) is 0.595. The van der Waals surface area contributed by atoms with Crippen molar-refractivity contribution in [2.75, 3.05) is 11.9 Å². The van der Waals surface area contributed by atoms with Crippen LogP contribution < -0.4 is 10.6 Å². The maximum absolute atomic E-state index is 12.4. The highest BCUT2D eigenvalue weighted by Gasteiger charge is 2.10. The van der Waals surface area contributed by atoms with Gasteiger partial charge in [0.2, 0.25) is 0 Å². The van der Waals surface area contributed by atoms with Crippen molar-refractivity contribution in [1.82, 2.24) is 5.32 Å². The fraction of sp³-hybridized carbons (Fsp3) is 0.167. The fourth-order valence-electron chi connectivity index (χ4n) is 2.88. The van der Waals surface area contributed by atoms with E-state index in [1.54, 1.807) is 24.3 Å². The van der Waals surface area contributed by atoms with Crippen molar-refractivity contribution in [1.29, 1.82) is 0 Å². The minimum Gasteiger partial charge on any atom is -0.352 e. The van der Waals surface area contributed by atoms with Crippen molar-refractivity contribution in [3.8, 4) is 0 Å². The smallest absolute Gasteiger partial charge is 0.255 e. The monoisotopic (exact) mass is 372 g/mol. The molecule has 0 aliphatic rings. The van der Waals surface area contributed by atoms with E-state index in [1.807, 2.05) is 49.4 Å². The number of benzene rings is 3. The molecule has 2 N–H and O–H groups in total. The molecule has 0 saturated carbocycles. The van der Waals surface area contributed by atoms with Gasteiger partial charge < -0.3 is 10.6 Å². The van der Waals surface area contributed by atoms with Gasteiger partial charge in [-0.1, -0.05) is 54.1 Å². The Kier molecular flexibility index (Phi) is 6.58. The molecule has 0 heterocycles. The van der Waals surface area contributed by atoms with Gasteiger partial charge in [0.1, 0.15) is 0 Å². The maximum Gasteiger partial charge on any atom is 0.255 e. The molecule has 4 nitrogen and oxygen atoms in total. The first-order valence-corrected chi connectivity index (χ1v) is 9.42. The Morgan fingerprint density at radius 3 is 2.18 bits per heavy atom. The molecule has 0 bridgehead atoms. The standard InChI is InChI=1S/C24H24N2O2/c1-18-12-14-22(15-13-18)26-24(28)21-11-5-10-20(17-21)23(27)25-16-6-9-19-7-3-2-4-8-19/h2-5,7-8,10-15,17H,6,9,16H2,1H3,(H,25,27)(H,26,28). The average Bonchev–Trinajstić information content (AvgIpc) is 2.73. The molecule has 2 amide bonds. The van der Waals surface area contributed by atoms with E-state index < -0.39 is 0 Å². The van der Waals surface area contributed by atoms with Gasteiger partial charge >= 0.3 is 0 Å². The van der Waals surface area contributed by atoms with Crippen LogP contribution in [0.15, 0.2) is 78.9 Å². The minimum atomic E-state index is -0.234. The predicted octanol–water partition coefficient (Wildman–Crippen LogP) is 4.61. The third-order valence-corrected chi connectivity index (χ3v) is 4.47. The van der Waals surface area contributed by atoms with E-state index in [0.717, 1.165) is 24.1 Å². The van der Waals surface area contributed by atoms with E-state index in [9.17, 15) is 9.59 Å². The molecular weight excluding hydrogens is 348 g/mol. The summed E-state index contributed by atoms with van der Waals surface area (Å²) in [5.74, 6) is -0.402. The molecule has 0 atom stereocenters. The number of carbonyl (C=O) groups is 2. The summed E-state index contributed by atoms with van der Waals surface area (Å²) < 4.78 is 0. The van der Waals surface area contributed by atoms with Crippen molar-refractivity contribution >= 4 is 17.5 Å². The summed E-state index contributed by atoms with van der Waals surface area (Å²) in [5.41, 5.74) is 4.05. The van der Waals surface area contributed by atoms with Gasteiger partial charge in [0, 0.05) is 23.4 Å². The molecule has 142 valence electrons. The normalized spacial score (nSPS) is 10.3. The topological polar surface area (TPSA) is 58.2 Å². The van der Waals surface area contributed by atoms with Gasteiger partial charge in [-0.15, -0.1) is 0 Å². The van der Waals surface area contributed by atoms with Crippen molar-refractivity contribution in [3.05, 3.63) is 101 Å². The maximum atomic E-state index is 12.4. The molecule has 4 heteroatoms. The molecular formula is C24H24N2O2. The summed E-state index contributed by atoms with van der Waals surface area (Å²) in [6.45, 7) is 2.58. The van der Waals surface area contributed by atoms with Crippen LogP contribution in [0.4, 0.5) is 5.69 Å². The lowest BCUT2D eigenvalue weighted by molar-refractivity contribution is 0.0953. The van der Waals surface area contributed by atoms with Gasteiger partial charge in [0.25, 0.3) is 11.8 Å². The molecule has 0 aliphatic heterocycles. The highest BCUT2D eigenvalue weighted by Crippen LogP contribution is 2.12. The summed E-state index contributed by atoms with van der Waals surface area (Å²) in [7, 11) is 0. The molecule has 0 saturated heterocycles. The number of amides is 2. The molecule has 0 aromatic heterocycles. The molecule has 0 radical (unpaired) electrons. The zero-order chi connectivity index (χ0) is 19.8. The third kappa shape index (κ3) is 5.55. The average molecular weight is 372 g/mol. The second-order valence-electron chi connectivity index (χ2n) is 6.75. The van der Waals surface area contributed by atoms with E-state index in [2.05, 4.69) is 22.8 Å². The Bertz CT molecular complexity index is 934. The van der Waals surface area contributed by atoms with E-state index in [1.165, 1.54) is 5.56 Å². The molecule has 0 aliphatic carbocycles. The zero-order valence-corrected chi connectivity index (χ0v) is 15.9. The summed E-state index contributed by atoms with van der Waals surface area (Å²) >= 11 is 0. The van der Waals surface area contributed by atoms with Gasteiger partial charge in [0.15, 0.2) is 0 Å². The Labute approximate surface area is 165 Å². The van der Waals surface area contributed by atoms with Crippen LogP contribution in [0.2, 0.25) is 0 Å². The summed E-state index contributed by atoms with van der Waals surface area (Å²) in [6, 6.07) is 24.5. The van der Waals surface area contributed by atoms with Gasteiger partial charge in [-0.3, -0.25) is 9.59 Å².